The Morgan fingerprint density at radius 2 is 2.14 bits per heavy atom. The fraction of sp³-hybridized carbons (Fsp3) is 0.455. The predicted octanol–water partition coefficient (Wildman–Crippen LogP) is 2.07. The predicted molar refractivity (Wildman–Crippen MR) is 59.5 cm³/mol. The highest BCUT2D eigenvalue weighted by Crippen LogP contribution is 2.24. The Kier molecular flexibility index (Phi) is 3.53. The Morgan fingerprint density at radius 3 is 2.64 bits per heavy atom. The topological polar surface area (TPSA) is 46.2 Å². The third-order valence-electron chi connectivity index (χ3n) is 2.39. The summed E-state index contributed by atoms with van der Waals surface area (Å²) in [7, 11) is 0. The molecule has 0 radical (unpaired) electrons. The van der Waals surface area contributed by atoms with Crippen molar-refractivity contribution in [3.8, 4) is 0 Å². The Bertz CT molecular complexity index is 323. The van der Waals surface area contributed by atoms with Crippen molar-refractivity contribution in [1.29, 1.82) is 0 Å². The molecule has 3 N–H and O–H groups in total. The van der Waals surface area contributed by atoms with Gasteiger partial charge in [0.25, 0.3) is 0 Å². The van der Waals surface area contributed by atoms with Gasteiger partial charge in [-0.3, -0.25) is 0 Å². The van der Waals surface area contributed by atoms with E-state index in [9.17, 15) is 5.11 Å². The van der Waals surface area contributed by atoms with Gasteiger partial charge in [0.15, 0.2) is 0 Å². The van der Waals surface area contributed by atoms with Gasteiger partial charge in [0.2, 0.25) is 0 Å². The van der Waals surface area contributed by atoms with Crippen LogP contribution in [-0.2, 0) is 12.0 Å². The summed E-state index contributed by atoms with van der Waals surface area (Å²) in [6.45, 7) is 3.79. The van der Waals surface area contributed by atoms with Crippen LogP contribution in [0.2, 0.25) is 5.02 Å². The molecular weight excluding hydrogens is 198 g/mol. The van der Waals surface area contributed by atoms with Gasteiger partial charge in [0.05, 0.1) is 12.1 Å². The molecule has 14 heavy (non-hydrogen) atoms. The first-order valence-electron chi connectivity index (χ1n) is 4.70. The molecule has 0 aliphatic carbocycles. The first-order valence-corrected chi connectivity index (χ1v) is 5.07. The minimum atomic E-state index is -0.685. The Labute approximate surface area is 89.7 Å². The Morgan fingerprint density at radius 1 is 1.50 bits per heavy atom. The number of hydrogen-bond donors (Lipinski definition) is 2. The molecule has 1 rings (SSSR count). The van der Waals surface area contributed by atoms with E-state index in [4.69, 9.17) is 17.3 Å². The maximum absolute atomic E-state index is 9.18. The summed E-state index contributed by atoms with van der Waals surface area (Å²) in [5.74, 6) is 0. The van der Waals surface area contributed by atoms with E-state index < -0.39 is 5.54 Å². The van der Waals surface area contributed by atoms with Crippen molar-refractivity contribution < 1.29 is 5.11 Å². The summed E-state index contributed by atoms with van der Waals surface area (Å²) < 4.78 is 0. The molecule has 1 aromatic carbocycles. The van der Waals surface area contributed by atoms with Crippen LogP contribution in [0.15, 0.2) is 18.2 Å². The summed E-state index contributed by atoms with van der Waals surface area (Å²) in [5, 5.41) is 9.89. The van der Waals surface area contributed by atoms with E-state index in [0.717, 1.165) is 17.5 Å². The highest BCUT2D eigenvalue weighted by Gasteiger charge is 2.22. The van der Waals surface area contributed by atoms with Crippen LogP contribution in [-0.4, -0.2) is 11.7 Å². The average Bonchev–Trinajstić information content (AvgIpc) is 2.17. The second-order valence-corrected chi connectivity index (χ2v) is 4.17. The molecule has 0 aromatic heterocycles. The van der Waals surface area contributed by atoms with Gasteiger partial charge in [-0.1, -0.05) is 24.6 Å². The van der Waals surface area contributed by atoms with E-state index in [1.165, 1.54) is 0 Å². The van der Waals surface area contributed by atoms with Gasteiger partial charge in [-0.2, -0.15) is 0 Å². The van der Waals surface area contributed by atoms with E-state index in [0.29, 0.717) is 5.02 Å². The number of halogens is 1. The standard InChI is InChI=1S/C11H16ClNO/c1-3-8-6-9(12)4-5-10(8)11(2,13)7-14/h4-6,14H,3,7,13H2,1-2H3/t11-/m0/s1. The minimum absolute atomic E-state index is 0.0678. The number of nitrogens with two attached hydrogens (primary N) is 1. The lowest BCUT2D eigenvalue weighted by atomic mass is 9.89. The molecule has 0 fully saturated rings. The lowest BCUT2D eigenvalue weighted by Crippen LogP contribution is -2.37. The molecule has 1 aromatic rings. The van der Waals surface area contributed by atoms with Crippen molar-refractivity contribution in [2.75, 3.05) is 6.61 Å². The van der Waals surface area contributed by atoms with Gasteiger partial charge in [0.1, 0.15) is 0 Å². The third-order valence-corrected chi connectivity index (χ3v) is 2.63. The average molecular weight is 214 g/mol. The van der Waals surface area contributed by atoms with Gasteiger partial charge >= 0.3 is 0 Å². The first-order chi connectivity index (χ1) is 6.51. The fourth-order valence-electron chi connectivity index (χ4n) is 1.50. The van der Waals surface area contributed by atoms with Gasteiger partial charge in [-0.15, -0.1) is 0 Å². The maximum atomic E-state index is 9.18. The molecule has 2 nitrogen and oxygen atoms in total. The van der Waals surface area contributed by atoms with Crippen LogP contribution < -0.4 is 5.73 Å². The van der Waals surface area contributed by atoms with E-state index >= 15 is 0 Å². The number of aryl methyl sites for hydroxylation is 1. The molecule has 0 heterocycles. The maximum Gasteiger partial charge on any atom is 0.0650 e. The zero-order valence-corrected chi connectivity index (χ0v) is 9.30. The summed E-state index contributed by atoms with van der Waals surface area (Å²) in [4.78, 5) is 0. The molecule has 0 aliphatic rings. The van der Waals surface area contributed by atoms with Crippen molar-refractivity contribution in [2.45, 2.75) is 25.8 Å². The largest absolute Gasteiger partial charge is 0.394 e. The van der Waals surface area contributed by atoms with Crippen LogP contribution >= 0.6 is 11.6 Å². The summed E-state index contributed by atoms with van der Waals surface area (Å²) in [6, 6.07) is 5.59. The molecule has 0 bridgehead atoms. The van der Waals surface area contributed by atoms with E-state index in [-0.39, 0.29) is 6.61 Å². The third kappa shape index (κ3) is 2.27. The number of aliphatic hydroxyl groups is 1. The fourth-order valence-corrected chi connectivity index (χ4v) is 1.69. The van der Waals surface area contributed by atoms with Gasteiger partial charge in [-0.25, -0.2) is 0 Å². The molecule has 0 saturated carbocycles. The minimum Gasteiger partial charge on any atom is -0.394 e. The molecule has 0 unspecified atom stereocenters. The van der Waals surface area contributed by atoms with Gasteiger partial charge < -0.3 is 10.8 Å². The van der Waals surface area contributed by atoms with Crippen molar-refractivity contribution in [1.82, 2.24) is 0 Å². The zero-order chi connectivity index (χ0) is 10.8. The molecule has 0 amide bonds. The van der Waals surface area contributed by atoms with Crippen LogP contribution in [0, 0.1) is 0 Å². The van der Waals surface area contributed by atoms with Crippen molar-refractivity contribution >= 4 is 11.6 Å². The van der Waals surface area contributed by atoms with Crippen molar-refractivity contribution in [2.24, 2.45) is 5.73 Å². The molecule has 0 aliphatic heterocycles. The summed E-state index contributed by atoms with van der Waals surface area (Å²) in [5.41, 5.74) is 7.34. The smallest absolute Gasteiger partial charge is 0.0650 e. The Balaban J connectivity index is 3.20. The van der Waals surface area contributed by atoms with Crippen molar-refractivity contribution in [3.05, 3.63) is 34.3 Å². The van der Waals surface area contributed by atoms with E-state index in [2.05, 4.69) is 0 Å². The molecule has 0 spiro atoms. The Hall–Kier alpha value is -0.570. The zero-order valence-electron chi connectivity index (χ0n) is 8.55. The second-order valence-electron chi connectivity index (χ2n) is 3.73. The highest BCUT2D eigenvalue weighted by atomic mass is 35.5. The highest BCUT2D eigenvalue weighted by molar-refractivity contribution is 6.30. The van der Waals surface area contributed by atoms with Crippen molar-refractivity contribution in [3.63, 3.8) is 0 Å². The van der Waals surface area contributed by atoms with E-state index in [1.54, 1.807) is 6.07 Å². The monoisotopic (exact) mass is 213 g/mol. The molecule has 78 valence electrons. The van der Waals surface area contributed by atoms with Crippen LogP contribution in [0.25, 0.3) is 0 Å². The molecule has 0 saturated heterocycles. The first kappa shape index (κ1) is 11.5. The number of hydrogen-bond acceptors (Lipinski definition) is 2. The summed E-state index contributed by atoms with van der Waals surface area (Å²) in [6.07, 6.45) is 0.864. The quantitative estimate of drug-likeness (QED) is 0.808. The van der Waals surface area contributed by atoms with Crippen LogP contribution in [0.3, 0.4) is 0 Å². The van der Waals surface area contributed by atoms with E-state index in [1.807, 2.05) is 26.0 Å². The molecular formula is C11H16ClNO. The SMILES string of the molecule is CCc1cc(Cl)ccc1[C@@](C)(N)CO. The summed E-state index contributed by atoms with van der Waals surface area (Å²) >= 11 is 5.89. The lowest BCUT2D eigenvalue weighted by molar-refractivity contribution is 0.209. The number of benzene rings is 1. The second kappa shape index (κ2) is 4.30. The van der Waals surface area contributed by atoms with Crippen LogP contribution in [0.1, 0.15) is 25.0 Å². The number of aliphatic hydroxyl groups excluding tert-OH is 1. The van der Waals surface area contributed by atoms with Crippen LogP contribution in [0.4, 0.5) is 0 Å². The molecule has 1 atom stereocenters. The van der Waals surface area contributed by atoms with Gasteiger partial charge in [0, 0.05) is 5.02 Å². The molecule has 3 heteroatoms. The number of rotatable bonds is 3. The normalized spacial score (nSPS) is 15.2. The van der Waals surface area contributed by atoms with Gasteiger partial charge in [-0.05, 0) is 36.6 Å². The lowest BCUT2D eigenvalue weighted by Gasteiger charge is -2.25. The van der Waals surface area contributed by atoms with Crippen LogP contribution in [0.5, 0.6) is 0 Å².